The zero-order valence-electron chi connectivity index (χ0n) is 19.6. The Hall–Kier alpha value is -2.70. The largest absolute Gasteiger partial charge is 0.352 e. The maximum Gasteiger partial charge on any atom is 0.253 e. The average molecular weight is 486 g/mol. The number of likely N-dealkylation sites (tertiary alicyclic amines) is 1. The SMILES string of the molecule is Cc1c(C(=O)NCCCN2CCCCC2C)cc(-c2ccc(Cl)cc2)n1-c1ccc(F)cc1F. The first-order valence-corrected chi connectivity index (χ1v) is 12.2. The number of piperidine rings is 1. The topological polar surface area (TPSA) is 37.3 Å². The first kappa shape index (κ1) is 24.4. The molecule has 1 aliphatic rings. The molecule has 0 spiro atoms. The molecule has 1 atom stereocenters. The molecule has 1 aromatic heterocycles. The second-order valence-electron chi connectivity index (χ2n) is 8.96. The Kier molecular flexibility index (Phi) is 7.69. The number of carbonyl (C=O) groups is 1. The van der Waals surface area contributed by atoms with Gasteiger partial charge < -0.3 is 14.8 Å². The number of amides is 1. The van der Waals surface area contributed by atoms with Gasteiger partial charge in [0, 0.05) is 35.9 Å². The summed E-state index contributed by atoms with van der Waals surface area (Å²) in [6, 6.07) is 12.9. The highest BCUT2D eigenvalue weighted by atomic mass is 35.5. The van der Waals surface area contributed by atoms with Gasteiger partial charge in [-0.15, -0.1) is 0 Å². The summed E-state index contributed by atoms with van der Waals surface area (Å²) in [7, 11) is 0. The Morgan fingerprint density at radius 2 is 1.88 bits per heavy atom. The predicted molar refractivity (Wildman–Crippen MR) is 133 cm³/mol. The van der Waals surface area contributed by atoms with Crippen LogP contribution in [0.15, 0.2) is 48.5 Å². The number of rotatable bonds is 7. The number of hydrogen-bond acceptors (Lipinski definition) is 2. The van der Waals surface area contributed by atoms with Crippen molar-refractivity contribution in [1.82, 2.24) is 14.8 Å². The highest BCUT2D eigenvalue weighted by Gasteiger charge is 2.22. The van der Waals surface area contributed by atoms with Crippen LogP contribution >= 0.6 is 11.6 Å². The fourth-order valence-corrected chi connectivity index (χ4v) is 4.84. The lowest BCUT2D eigenvalue weighted by Gasteiger charge is -2.33. The molecule has 2 heterocycles. The van der Waals surface area contributed by atoms with Crippen LogP contribution in [0.3, 0.4) is 0 Å². The molecule has 0 saturated carbocycles. The normalized spacial score (nSPS) is 16.6. The zero-order valence-corrected chi connectivity index (χ0v) is 20.3. The maximum atomic E-state index is 14.8. The standard InChI is InChI=1S/C27H30ClF2N3O/c1-18-6-3-4-14-32(18)15-5-13-31-27(34)23-17-26(20-7-9-21(28)10-8-20)33(19(23)2)25-12-11-22(29)16-24(25)30/h7-12,16-18H,3-6,13-15H2,1-2H3,(H,31,34). The monoisotopic (exact) mass is 485 g/mol. The molecule has 1 saturated heterocycles. The summed E-state index contributed by atoms with van der Waals surface area (Å²) < 4.78 is 30.0. The first-order chi connectivity index (χ1) is 16.3. The minimum absolute atomic E-state index is 0.182. The van der Waals surface area contributed by atoms with Crippen LogP contribution in [0.5, 0.6) is 0 Å². The minimum Gasteiger partial charge on any atom is -0.352 e. The van der Waals surface area contributed by atoms with E-state index in [1.807, 2.05) is 12.1 Å². The van der Waals surface area contributed by atoms with Crippen LogP contribution in [0.1, 0.15) is 48.7 Å². The van der Waals surface area contributed by atoms with Crippen LogP contribution < -0.4 is 5.32 Å². The third-order valence-corrected chi connectivity index (χ3v) is 6.88. The fourth-order valence-electron chi connectivity index (χ4n) is 4.71. The highest BCUT2D eigenvalue weighted by Crippen LogP contribution is 2.31. The second-order valence-corrected chi connectivity index (χ2v) is 9.39. The van der Waals surface area contributed by atoms with E-state index in [1.165, 1.54) is 31.4 Å². The molecule has 1 unspecified atom stereocenters. The summed E-state index contributed by atoms with van der Waals surface area (Å²) in [6.07, 6.45) is 4.62. The van der Waals surface area contributed by atoms with Gasteiger partial charge in [-0.2, -0.15) is 0 Å². The van der Waals surface area contributed by atoms with E-state index in [0.717, 1.165) is 31.1 Å². The number of benzene rings is 2. The van der Waals surface area contributed by atoms with Crippen LogP contribution in [0, 0.1) is 18.6 Å². The summed E-state index contributed by atoms with van der Waals surface area (Å²) in [5, 5.41) is 3.59. The van der Waals surface area contributed by atoms with Gasteiger partial charge in [0.05, 0.1) is 16.9 Å². The number of hydrogen-bond donors (Lipinski definition) is 1. The van der Waals surface area contributed by atoms with Crippen molar-refractivity contribution in [2.45, 2.75) is 45.6 Å². The third-order valence-electron chi connectivity index (χ3n) is 6.63. The molecule has 2 aromatic carbocycles. The van der Waals surface area contributed by atoms with Gasteiger partial charge >= 0.3 is 0 Å². The van der Waals surface area contributed by atoms with Gasteiger partial charge in [-0.1, -0.05) is 30.2 Å². The molecule has 4 rings (SSSR count). The summed E-state index contributed by atoms with van der Waals surface area (Å²) in [4.78, 5) is 15.6. The first-order valence-electron chi connectivity index (χ1n) is 11.8. The quantitative estimate of drug-likeness (QED) is 0.394. The van der Waals surface area contributed by atoms with E-state index in [2.05, 4.69) is 17.1 Å². The Morgan fingerprint density at radius 3 is 2.59 bits per heavy atom. The van der Waals surface area contributed by atoms with Crippen molar-refractivity contribution < 1.29 is 13.6 Å². The number of halogens is 3. The molecule has 7 heteroatoms. The van der Waals surface area contributed by atoms with E-state index >= 15 is 0 Å². The number of carbonyl (C=O) groups excluding carboxylic acids is 1. The van der Waals surface area contributed by atoms with Crippen LogP contribution in [-0.4, -0.2) is 41.1 Å². The van der Waals surface area contributed by atoms with E-state index in [1.54, 1.807) is 29.7 Å². The van der Waals surface area contributed by atoms with Gasteiger partial charge in [0.2, 0.25) is 0 Å². The molecule has 0 aliphatic carbocycles. The lowest BCUT2D eigenvalue weighted by molar-refractivity contribution is 0.0948. The fraction of sp³-hybridized carbons (Fsp3) is 0.370. The van der Waals surface area contributed by atoms with Crippen LogP contribution in [0.2, 0.25) is 5.02 Å². The van der Waals surface area contributed by atoms with Gasteiger partial charge in [-0.25, -0.2) is 8.78 Å². The van der Waals surface area contributed by atoms with Crippen molar-refractivity contribution in [3.05, 3.63) is 76.4 Å². The minimum atomic E-state index is -0.698. The highest BCUT2D eigenvalue weighted by molar-refractivity contribution is 6.30. The van der Waals surface area contributed by atoms with Crippen LogP contribution in [0.25, 0.3) is 16.9 Å². The molecule has 4 nitrogen and oxygen atoms in total. The molecule has 1 N–H and O–H groups in total. The van der Waals surface area contributed by atoms with E-state index < -0.39 is 11.6 Å². The summed E-state index contributed by atoms with van der Waals surface area (Å²) in [5.41, 5.74) is 2.63. The molecular weight excluding hydrogens is 456 g/mol. The summed E-state index contributed by atoms with van der Waals surface area (Å²) in [5.74, 6) is -1.56. The molecule has 0 radical (unpaired) electrons. The Labute approximate surface area is 204 Å². The van der Waals surface area contributed by atoms with Crippen molar-refractivity contribution in [2.75, 3.05) is 19.6 Å². The molecule has 3 aromatic rings. The molecule has 34 heavy (non-hydrogen) atoms. The summed E-state index contributed by atoms with van der Waals surface area (Å²) in [6.45, 7) is 6.67. The molecule has 0 bridgehead atoms. The van der Waals surface area contributed by atoms with Gasteiger partial charge in [0.15, 0.2) is 0 Å². The van der Waals surface area contributed by atoms with Gasteiger partial charge in [0.25, 0.3) is 5.91 Å². The van der Waals surface area contributed by atoms with Gasteiger partial charge in [-0.3, -0.25) is 4.79 Å². The van der Waals surface area contributed by atoms with Crippen molar-refractivity contribution in [3.63, 3.8) is 0 Å². The molecule has 1 fully saturated rings. The van der Waals surface area contributed by atoms with Crippen LogP contribution in [-0.2, 0) is 0 Å². The predicted octanol–water partition coefficient (Wildman–Crippen LogP) is 6.38. The van der Waals surface area contributed by atoms with E-state index in [0.29, 0.717) is 34.6 Å². The third kappa shape index (κ3) is 5.34. The molecular formula is C27H30ClF2N3O. The van der Waals surface area contributed by atoms with Crippen molar-refractivity contribution in [1.29, 1.82) is 0 Å². The van der Waals surface area contributed by atoms with E-state index in [-0.39, 0.29) is 11.6 Å². The average Bonchev–Trinajstić information content (AvgIpc) is 3.15. The molecule has 1 amide bonds. The maximum absolute atomic E-state index is 14.8. The smallest absolute Gasteiger partial charge is 0.253 e. The molecule has 1 aliphatic heterocycles. The van der Waals surface area contributed by atoms with Crippen molar-refractivity contribution >= 4 is 17.5 Å². The number of nitrogens with one attached hydrogen (secondary N) is 1. The van der Waals surface area contributed by atoms with E-state index in [4.69, 9.17) is 11.6 Å². The Bertz CT molecular complexity index is 1160. The van der Waals surface area contributed by atoms with Gasteiger partial charge in [-0.05, 0) is 75.5 Å². The van der Waals surface area contributed by atoms with Gasteiger partial charge in [0.1, 0.15) is 11.6 Å². The van der Waals surface area contributed by atoms with Crippen LogP contribution in [0.4, 0.5) is 8.78 Å². The van der Waals surface area contributed by atoms with Crippen molar-refractivity contribution in [2.24, 2.45) is 0 Å². The second kappa shape index (κ2) is 10.7. The zero-order chi connectivity index (χ0) is 24.2. The lowest BCUT2D eigenvalue weighted by atomic mass is 10.0. The van der Waals surface area contributed by atoms with E-state index in [9.17, 15) is 13.6 Å². The van der Waals surface area contributed by atoms with Crippen molar-refractivity contribution in [3.8, 4) is 16.9 Å². The molecule has 180 valence electrons. The summed E-state index contributed by atoms with van der Waals surface area (Å²) >= 11 is 6.05. The number of nitrogens with zero attached hydrogens (tertiary/aromatic N) is 2. The number of aromatic nitrogens is 1. The Morgan fingerprint density at radius 1 is 1.12 bits per heavy atom. The Balaban J connectivity index is 1.57. The lowest BCUT2D eigenvalue weighted by Crippen LogP contribution is -2.39.